The topological polar surface area (TPSA) is 117 Å². The SMILES string of the molecule is CCCCOC(=O)c1csc2ncn(CC(=O)Nc3ccc(C(=O)OC)cc3)c(=O)c12. The Morgan fingerprint density at radius 3 is 2.58 bits per heavy atom. The van der Waals surface area contributed by atoms with Crippen molar-refractivity contribution in [3.63, 3.8) is 0 Å². The predicted molar refractivity (Wildman–Crippen MR) is 115 cm³/mol. The van der Waals surface area contributed by atoms with Crippen LogP contribution in [-0.2, 0) is 20.8 Å². The van der Waals surface area contributed by atoms with Gasteiger partial charge in [-0.3, -0.25) is 14.2 Å². The number of amides is 1. The summed E-state index contributed by atoms with van der Waals surface area (Å²) in [5.41, 5.74) is 0.462. The second-order valence-electron chi connectivity index (χ2n) is 6.61. The van der Waals surface area contributed by atoms with E-state index >= 15 is 0 Å². The fourth-order valence-electron chi connectivity index (χ4n) is 2.78. The number of fused-ring (bicyclic) bond motifs is 1. The Morgan fingerprint density at radius 2 is 1.90 bits per heavy atom. The normalized spacial score (nSPS) is 10.6. The number of carbonyl (C=O) groups excluding carboxylic acids is 3. The molecule has 2 aromatic heterocycles. The number of aromatic nitrogens is 2. The fraction of sp³-hybridized carbons (Fsp3) is 0.286. The van der Waals surface area contributed by atoms with Crippen molar-refractivity contribution in [2.24, 2.45) is 0 Å². The first-order valence-corrected chi connectivity index (χ1v) is 10.4. The first kappa shape index (κ1) is 22.2. The molecule has 0 bridgehead atoms. The monoisotopic (exact) mass is 443 g/mol. The van der Waals surface area contributed by atoms with E-state index in [2.05, 4.69) is 15.0 Å². The Bertz CT molecular complexity index is 1170. The van der Waals surface area contributed by atoms with Crippen LogP contribution in [0.3, 0.4) is 0 Å². The maximum Gasteiger partial charge on any atom is 0.339 e. The van der Waals surface area contributed by atoms with Crippen molar-refractivity contribution in [2.75, 3.05) is 19.0 Å². The molecule has 0 radical (unpaired) electrons. The van der Waals surface area contributed by atoms with Crippen molar-refractivity contribution < 1.29 is 23.9 Å². The summed E-state index contributed by atoms with van der Waals surface area (Å²) < 4.78 is 11.0. The molecule has 0 atom stereocenters. The lowest BCUT2D eigenvalue weighted by Crippen LogP contribution is -2.28. The first-order valence-electron chi connectivity index (χ1n) is 9.56. The van der Waals surface area contributed by atoms with Crippen LogP contribution in [0.1, 0.15) is 40.5 Å². The van der Waals surface area contributed by atoms with Gasteiger partial charge in [-0.2, -0.15) is 0 Å². The smallest absolute Gasteiger partial charge is 0.339 e. The van der Waals surface area contributed by atoms with Crippen molar-refractivity contribution in [3.8, 4) is 0 Å². The molecular weight excluding hydrogens is 422 g/mol. The fourth-order valence-corrected chi connectivity index (χ4v) is 3.65. The molecule has 0 saturated carbocycles. The molecule has 1 amide bonds. The zero-order chi connectivity index (χ0) is 22.4. The van der Waals surface area contributed by atoms with Gasteiger partial charge in [0.2, 0.25) is 5.91 Å². The minimum absolute atomic E-state index is 0.143. The van der Waals surface area contributed by atoms with E-state index in [0.29, 0.717) is 16.1 Å². The van der Waals surface area contributed by atoms with Gasteiger partial charge in [-0.15, -0.1) is 11.3 Å². The van der Waals surface area contributed by atoms with Gasteiger partial charge in [-0.05, 0) is 30.7 Å². The Morgan fingerprint density at radius 1 is 1.16 bits per heavy atom. The summed E-state index contributed by atoms with van der Waals surface area (Å²) in [5.74, 6) is -1.52. The number of esters is 2. The molecule has 10 heteroatoms. The van der Waals surface area contributed by atoms with Crippen LogP contribution < -0.4 is 10.9 Å². The van der Waals surface area contributed by atoms with Crippen molar-refractivity contribution >= 4 is 45.1 Å². The van der Waals surface area contributed by atoms with Crippen LogP contribution in [0, 0.1) is 0 Å². The van der Waals surface area contributed by atoms with Gasteiger partial charge in [-0.1, -0.05) is 13.3 Å². The minimum atomic E-state index is -0.577. The number of carbonyl (C=O) groups is 3. The molecule has 0 saturated heterocycles. The van der Waals surface area contributed by atoms with E-state index < -0.39 is 23.4 Å². The molecule has 3 rings (SSSR count). The molecule has 31 heavy (non-hydrogen) atoms. The van der Waals surface area contributed by atoms with Crippen LogP contribution in [0.4, 0.5) is 5.69 Å². The second kappa shape index (κ2) is 9.98. The van der Waals surface area contributed by atoms with Crippen molar-refractivity contribution in [2.45, 2.75) is 26.3 Å². The van der Waals surface area contributed by atoms with Gasteiger partial charge in [-0.25, -0.2) is 14.6 Å². The van der Waals surface area contributed by atoms with Crippen LogP contribution >= 0.6 is 11.3 Å². The van der Waals surface area contributed by atoms with Crippen LogP contribution in [-0.4, -0.2) is 41.1 Å². The minimum Gasteiger partial charge on any atom is -0.465 e. The van der Waals surface area contributed by atoms with E-state index in [9.17, 15) is 19.2 Å². The molecule has 0 aliphatic heterocycles. The number of benzene rings is 1. The molecule has 0 fully saturated rings. The Labute approximate surface area is 181 Å². The van der Waals surface area contributed by atoms with Crippen molar-refractivity contribution in [3.05, 3.63) is 57.5 Å². The number of nitrogens with zero attached hydrogens (tertiary/aromatic N) is 2. The summed E-state index contributed by atoms with van der Waals surface area (Å²) in [6.45, 7) is 1.97. The number of hydrogen-bond donors (Lipinski definition) is 1. The van der Waals surface area contributed by atoms with Gasteiger partial charge >= 0.3 is 11.9 Å². The van der Waals surface area contributed by atoms with Crippen LogP contribution in [0.15, 0.2) is 40.8 Å². The standard InChI is InChI=1S/C21H21N3O6S/c1-3-4-9-30-21(28)15-11-31-18-17(15)19(26)24(12-22-18)10-16(25)23-14-7-5-13(6-8-14)20(27)29-2/h5-8,11-12H,3-4,9-10H2,1-2H3,(H,23,25). The third-order valence-electron chi connectivity index (χ3n) is 4.42. The molecule has 0 aliphatic rings. The van der Waals surface area contributed by atoms with Gasteiger partial charge in [0, 0.05) is 11.1 Å². The average molecular weight is 443 g/mol. The van der Waals surface area contributed by atoms with E-state index in [4.69, 9.17) is 4.74 Å². The summed E-state index contributed by atoms with van der Waals surface area (Å²) in [6, 6.07) is 6.14. The van der Waals surface area contributed by atoms with Gasteiger partial charge in [0.05, 0.1) is 36.6 Å². The highest BCUT2D eigenvalue weighted by Gasteiger charge is 2.19. The lowest BCUT2D eigenvalue weighted by molar-refractivity contribution is -0.116. The zero-order valence-electron chi connectivity index (χ0n) is 17.0. The molecule has 0 aliphatic carbocycles. The number of rotatable bonds is 8. The van der Waals surface area contributed by atoms with E-state index in [1.54, 1.807) is 17.5 Å². The quantitative estimate of drug-likeness (QED) is 0.420. The van der Waals surface area contributed by atoms with E-state index in [-0.39, 0.29) is 24.1 Å². The maximum atomic E-state index is 12.9. The Balaban J connectivity index is 1.75. The molecule has 1 aromatic carbocycles. The molecule has 9 nitrogen and oxygen atoms in total. The molecule has 0 spiro atoms. The van der Waals surface area contributed by atoms with Crippen molar-refractivity contribution in [1.82, 2.24) is 9.55 Å². The third-order valence-corrected chi connectivity index (χ3v) is 5.30. The molecule has 3 aromatic rings. The average Bonchev–Trinajstić information content (AvgIpc) is 3.21. The number of anilines is 1. The van der Waals surface area contributed by atoms with Gasteiger partial charge < -0.3 is 14.8 Å². The van der Waals surface area contributed by atoms with E-state index in [1.165, 1.54) is 36.9 Å². The van der Waals surface area contributed by atoms with Gasteiger partial charge in [0.25, 0.3) is 5.56 Å². The number of thiophene rings is 1. The highest BCUT2D eigenvalue weighted by molar-refractivity contribution is 7.17. The Kier molecular flexibility index (Phi) is 7.14. The molecular formula is C21H21N3O6S. The molecule has 2 heterocycles. The Hall–Kier alpha value is -3.53. The van der Waals surface area contributed by atoms with Gasteiger partial charge in [0.1, 0.15) is 11.4 Å². The zero-order valence-corrected chi connectivity index (χ0v) is 17.9. The number of methoxy groups -OCH3 is 1. The van der Waals surface area contributed by atoms with E-state index in [1.807, 2.05) is 6.92 Å². The summed E-state index contributed by atoms with van der Waals surface area (Å²) in [7, 11) is 1.28. The van der Waals surface area contributed by atoms with E-state index in [0.717, 1.165) is 17.4 Å². The maximum absolute atomic E-state index is 12.9. The highest BCUT2D eigenvalue weighted by Crippen LogP contribution is 2.21. The number of unbranched alkanes of at least 4 members (excludes halogenated alkanes) is 1. The summed E-state index contributed by atoms with van der Waals surface area (Å²) >= 11 is 1.17. The van der Waals surface area contributed by atoms with Crippen LogP contribution in [0.25, 0.3) is 10.2 Å². The summed E-state index contributed by atoms with van der Waals surface area (Å²) in [6.07, 6.45) is 2.89. The lowest BCUT2D eigenvalue weighted by Gasteiger charge is -2.08. The molecule has 162 valence electrons. The number of nitrogens with one attached hydrogen (secondary N) is 1. The largest absolute Gasteiger partial charge is 0.465 e. The molecule has 0 unspecified atom stereocenters. The number of ether oxygens (including phenoxy) is 2. The first-order chi connectivity index (χ1) is 14.9. The number of hydrogen-bond acceptors (Lipinski definition) is 8. The van der Waals surface area contributed by atoms with Crippen molar-refractivity contribution in [1.29, 1.82) is 0 Å². The van der Waals surface area contributed by atoms with Crippen LogP contribution in [0.5, 0.6) is 0 Å². The third kappa shape index (κ3) is 5.15. The summed E-state index contributed by atoms with van der Waals surface area (Å²) in [4.78, 5) is 53.7. The highest BCUT2D eigenvalue weighted by atomic mass is 32.1. The van der Waals surface area contributed by atoms with Gasteiger partial charge in [0.15, 0.2) is 0 Å². The molecule has 1 N–H and O–H groups in total. The lowest BCUT2D eigenvalue weighted by atomic mass is 10.2. The second-order valence-corrected chi connectivity index (χ2v) is 7.47. The summed E-state index contributed by atoms with van der Waals surface area (Å²) in [5, 5.41) is 4.33. The van der Waals surface area contributed by atoms with Crippen LogP contribution in [0.2, 0.25) is 0 Å². The predicted octanol–water partition coefficient (Wildman–Crippen LogP) is 2.84.